The van der Waals surface area contributed by atoms with E-state index < -0.39 is 10.0 Å². The second-order valence-electron chi connectivity index (χ2n) is 3.59. The molecule has 0 spiro atoms. The van der Waals surface area contributed by atoms with Crippen molar-refractivity contribution in [1.82, 2.24) is 4.72 Å². The minimum Gasteiger partial charge on any atom is -0.215 e. The summed E-state index contributed by atoms with van der Waals surface area (Å²) in [5, 5.41) is 0.675. The van der Waals surface area contributed by atoms with Crippen LogP contribution >= 0.6 is 11.6 Å². The molecule has 1 rings (SSSR count). The van der Waals surface area contributed by atoms with Gasteiger partial charge in [-0.15, -0.1) is 0 Å². The van der Waals surface area contributed by atoms with E-state index in [1.807, 2.05) is 25.1 Å². The van der Waals surface area contributed by atoms with E-state index in [2.05, 4.69) is 4.72 Å². The molecule has 0 aromatic heterocycles. The van der Waals surface area contributed by atoms with E-state index in [1.165, 1.54) is 0 Å². The maximum absolute atomic E-state index is 11.4. The van der Waals surface area contributed by atoms with Gasteiger partial charge >= 0.3 is 0 Å². The molecule has 1 aromatic rings. The lowest BCUT2D eigenvalue weighted by atomic mass is 10.2. The van der Waals surface area contributed by atoms with E-state index in [-0.39, 0.29) is 5.75 Å². The first-order valence-corrected chi connectivity index (χ1v) is 7.28. The van der Waals surface area contributed by atoms with E-state index >= 15 is 0 Å². The third-order valence-corrected chi connectivity index (χ3v) is 3.92. The van der Waals surface area contributed by atoms with E-state index in [0.29, 0.717) is 24.4 Å². The van der Waals surface area contributed by atoms with Crippen molar-refractivity contribution in [2.24, 2.45) is 0 Å². The third kappa shape index (κ3) is 4.96. The molecule has 16 heavy (non-hydrogen) atoms. The zero-order valence-electron chi connectivity index (χ0n) is 9.24. The predicted molar refractivity (Wildman–Crippen MR) is 67.2 cm³/mol. The average molecular weight is 262 g/mol. The summed E-state index contributed by atoms with van der Waals surface area (Å²) in [6.45, 7) is 2.26. The highest BCUT2D eigenvalue weighted by molar-refractivity contribution is 7.89. The fourth-order valence-electron chi connectivity index (χ4n) is 1.38. The van der Waals surface area contributed by atoms with Gasteiger partial charge in [0.25, 0.3) is 0 Å². The Morgan fingerprint density at radius 1 is 1.38 bits per heavy atom. The molecule has 0 heterocycles. The molecule has 1 N–H and O–H groups in total. The van der Waals surface area contributed by atoms with Crippen LogP contribution in [0.15, 0.2) is 24.3 Å². The third-order valence-electron chi connectivity index (χ3n) is 2.10. The van der Waals surface area contributed by atoms with Gasteiger partial charge in [-0.25, -0.2) is 13.1 Å². The molecule has 0 amide bonds. The molecule has 1 aromatic carbocycles. The van der Waals surface area contributed by atoms with Crippen molar-refractivity contribution in [3.8, 4) is 0 Å². The number of sulfonamides is 1. The molecular weight excluding hydrogens is 246 g/mol. The first kappa shape index (κ1) is 13.5. The fraction of sp³-hybridized carbons (Fsp3) is 0.455. The molecule has 0 aliphatic heterocycles. The lowest BCUT2D eigenvalue weighted by molar-refractivity contribution is 0.580. The van der Waals surface area contributed by atoms with Crippen LogP contribution in [0.4, 0.5) is 0 Å². The fourth-order valence-corrected chi connectivity index (χ4v) is 2.69. The minimum atomic E-state index is -3.09. The van der Waals surface area contributed by atoms with Gasteiger partial charge in [-0.2, -0.15) is 0 Å². The average Bonchev–Trinajstić information content (AvgIpc) is 2.17. The molecule has 0 aliphatic carbocycles. The van der Waals surface area contributed by atoms with E-state index in [1.54, 1.807) is 6.07 Å². The molecule has 0 atom stereocenters. The van der Waals surface area contributed by atoms with Crippen LogP contribution in [0.25, 0.3) is 0 Å². The Labute approximate surface area is 102 Å². The Hall–Kier alpha value is -0.580. The van der Waals surface area contributed by atoms with E-state index in [0.717, 1.165) is 5.56 Å². The molecule has 0 fully saturated rings. The first-order chi connectivity index (χ1) is 7.53. The number of halogens is 1. The molecule has 5 heteroatoms. The standard InChI is InChI=1S/C11H16ClNO2S/c1-2-8-16(14,15)13-7-6-10-4-3-5-11(12)9-10/h3-5,9,13H,2,6-8H2,1H3. The quantitative estimate of drug-likeness (QED) is 0.854. The Morgan fingerprint density at radius 2 is 2.12 bits per heavy atom. The predicted octanol–water partition coefficient (Wildman–Crippen LogP) is 2.21. The van der Waals surface area contributed by atoms with Crippen molar-refractivity contribution < 1.29 is 8.42 Å². The molecular formula is C11H16ClNO2S. The highest BCUT2D eigenvalue weighted by Crippen LogP contribution is 2.10. The maximum Gasteiger partial charge on any atom is 0.211 e. The second kappa shape index (κ2) is 6.23. The molecule has 0 bridgehead atoms. The molecule has 0 aliphatic rings. The highest BCUT2D eigenvalue weighted by atomic mass is 35.5. The molecule has 3 nitrogen and oxygen atoms in total. The van der Waals surface area contributed by atoms with Gasteiger partial charge in [0.1, 0.15) is 0 Å². The highest BCUT2D eigenvalue weighted by Gasteiger charge is 2.07. The summed E-state index contributed by atoms with van der Waals surface area (Å²) in [5.74, 6) is 0.183. The molecule has 0 unspecified atom stereocenters. The lowest BCUT2D eigenvalue weighted by Crippen LogP contribution is -2.28. The van der Waals surface area contributed by atoms with Gasteiger partial charge in [-0.1, -0.05) is 30.7 Å². The summed E-state index contributed by atoms with van der Waals surface area (Å²) < 4.78 is 25.3. The zero-order valence-corrected chi connectivity index (χ0v) is 10.8. The molecule has 0 saturated heterocycles. The molecule has 0 saturated carbocycles. The van der Waals surface area contributed by atoms with Crippen LogP contribution in [0.2, 0.25) is 5.02 Å². The van der Waals surface area contributed by atoms with Crippen LogP contribution in [0, 0.1) is 0 Å². The van der Waals surface area contributed by atoms with Gasteiger partial charge in [-0.3, -0.25) is 0 Å². The van der Waals surface area contributed by atoms with Gasteiger partial charge in [0.05, 0.1) is 5.75 Å². The van der Waals surface area contributed by atoms with Crippen LogP contribution in [0.5, 0.6) is 0 Å². The summed E-state index contributed by atoms with van der Waals surface area (Å²) in [6.07, 6.45) is 1.29. The second-order valence-corrected chi connectivity index (χ2v) is 5.96. The van der Waals surface area contributed by atoms with Crippen molar-refractivity contribution in [1.29, 1.82) is 0 Å². The lowest BCUT2D eigenvalue weighted by Gasteiger charge is -2.05. The van der Waals surface area contributed by atoms with Crippen LogP contribution in [-0.2, 0) is 16.4 Å². The minimum absolute atomic E-state index is 0.183. The summed E-state index contributed by atoms with van der Waals surface area (Å²) in [4.78, 5) is 0. The van der Waals surface area contributed by atoms with E-state index in [9.17, 15) is 8.42 Å². The summed E-state index contributed by atoms with van der Waals surface area (Å²) in [5.41, 5.74) is 1.03. The number of rotatable bonds is 6. The van der Waals surface area contributed by atoms with Gasteiger partial charge in [0, 0.05) is 11.6 Å². The smallest absolute Gasteiger partial charge is 0.211 e. The zero-order chi connectivity index (χ0) is 12.0. The number of hydrogen-bond donors (Lipinski definition) is 1. The van der Waals surface area contributed by atoms with Gasteiger partial charge < -0.3 is 0 Å². The van der Waals surface area contributed by atoms with Gasteiger partial charge in [0.2, 0.25) is 10.0 Å². The topological polar surface area (TPSA) is 46.2 Å². The number of benzene rings is 1. The van der Waals surface area contributed by atoms with E-state index in [4.69, 9.17) is 11.6 Å². The Bertz CT molecular complexity index is 431. The Morgan fingerprint density at radius 3 is 2.75 bits per heavy atom. The van der Waals surface area contributed by atoms with Crippen LogP contribution in [0.1, 0.15) is 18.9 Å². The Kier molecular flexibility index (Phi) is 5.25. The summed E-state index contributed by atoms with van der Waals surface area (Å²) in [7, 11) is -3.09. The van der Waals surface area contributed by atoms with Crippen molar-refractivity contribution in [2.45, 2.75) is 19.8 Å². The summed E-state index contributed by atoms with van der Waals surface area (Å²) in [6, 6.07) is 7.43. The first-order valence-electron chi connectivity index (χ1n) is 5.25. The maximum atomic E-state index is 11.4. The Balaban J connectivity index is 2.42. The monoisotopic (exact) mass is 261 g/mol. The number of nitrogens with one attached hydrogen (secondary N) is 1. The van der Waals surface area contributed by atoms with Crippen LogP contribution in [0.3, 0.4) is 0 Å². The largest absolute Gasteiger partial charge is 0.215 e. The van der Waals surface area contributed by atoms with Gasteiger partial charge in [-0.05, 0) is 30.5 Å². The van der Waals surface area contributed by atoms with Crippen LogP contribution in [-0.4, -0.2) is 20.7 Å². The molecule has 0 radical (unpaired) electrons. The van der Waals surface area contributed by atoms with Crippen molar-refractivity contribution >= 4 is 21.6 Å². The summed E-state index contributed by atoms with van der Waals surface area (Å²) >= 11 is 5.82. The van der Waals surface area contributed by atoms with Crippen molar-refractivity contribution in [2.75, 3.05) is 12.3 Å². The van der Waals surface area contributed by atoms with Crippen LogP contribution < -0.4 is 4.72 Å². The van der Waals surface area contributed by atoms with Gasteiger partial charge in [0.15, 0.2) is 0 Å². The van der Waals surface area contributed by atoms with Crippen molar-refractivity contribution in [3.63, 3.8) is 0 Å². The number of hydrogen-bond acceptors (Lipinski definition) is 2. The SMILES string of the molecule is CCCS(=O)(=O)NCCc1cccc(Cl)c1. The normalized spacial score (nSPS) is 11.6. The molecule has 90 valence electrons. The van der Waals surface area contributed by atoms with Crippen molar-refractivity contribution in [3.05, 3.63) is 34.9 Å².